The van der Waals surface area contributed by atoms with Crippen molar-refractivity contribution < 1.29 is 29.0 Å². The topological polar surface area (TPSA) is 135 Å². The van der Waals surface area contributed by atoms with Gasteiger partial charge in [0.15, 0.2) is 0 Å². The third kappa shape index (κ3) is 5.46. The Balaban J connectivity index is 1.33. The second-order valence-corrected chi connectivity index (χ2v) is 13.1. The first kappa shape index (κ1) is 29.9. The molecule has 3 atom stereocenters. The minimum Gasteiger partial charge on any atom is -0.508 e. The van der Waals surface area contributed by atoms with Crippen LogP contribution in [0.5, 0.6) is 5.75 Å². The molecule has 2 aliphatic heterocycles. The number of thiazole rings is 1. The number of carbonyl (C=O) groups excluding carboxylic acids is 4. The Morgan fingerprint density at radius 3 is 2.30 bits per heavy atom. The number of ether oxygens (including phenoxy) is 1. The number of rotatable bonds is 7. The fourth-order valence-corrected chi connectivity index (χ4v) is 8.43. The lowest BCUT2D eigenvalue weighted by molar-refractivity contribution is -0.122. The fourth-order valence-electron chi connectivity index (χ4n) is 5.39. The molecular formula is C31H24BrN3O7S2. The van der Waals surface area contributed by atoms with Crippen LogP contribution in [-0.2, 0) is 25.7 Å². The number of thioether (sulfide) groups is 1. The van der Waals surface area contributed by atoms with Gasteiger partial charge >= 0.3 is 10.8 Å². The lowest BCUT2D eigenvalue weighted by Crippen LogP contribution is -2.33. The van der Waals surface area contributed by atoms with E-state index in [0.717, 1.165) is 27.6 Å². The molecule has 3 amide bonds. The number of halogens is 1. The maximum Gasteiger partial charge on any atom is 0.338 e. The van der Waals surface area contributed by atoms with Crippen molar-refractivity contribution in [1.82, 2.24) is 4.57 Å². The highest BCUT2D eigenvalue weighted by molar-refractivity contribution is 9.10. The molecule has 1 saturated heterocycles. The average molecular weight is 695 g/mol. The van der Waals surface area contributed by atoms with Gasteiger partial charge in [-0.05, 0) is 73.2 Å². The van der Waals surface area contributed by atoms with Crippen LogP contribution in [0.4, 0.5) is 11.4 Å². The predicted octanol–water partition coefficient (Wildman–Crippen LogP) is 4.99. The summed E-state index contributed by atoms with van der Waals surface area (Å²) >= 11 is 5.44. The maximum absolute atomic E-state index is 13.9. The van der Waals surface area contributed by atoms with Crippen molar-refractivity contribution in [3.63, 3.8) is 0 Å². The van der Waals surface area contributed by atoms with Gasteiger partial charge in [0.25, 0.3) is 0 Å². The number of benzene rings is 3. The largest absolute Gasteiger partial charge is 0.508 e. The Morgan fingerprint density at radius 2 is 1.64 bits per heavy atom. The number of nitrogens with zero attached hydrogens (tertiary/aromatic N) is 2. The summed E-state index contributed by atoms with van der Waals surface area (Å²) in [5, 5.41) is 12.3. The minimum absolute atomic E-state index is 0.0405. The number of aromatic hydroxyl groups is 1. The van der Waals surface area contributed by atoms with Crippen LogP contribution in [0.25, 0.3) is 0 Å². The highest BCUT2D eigenvalue weighted by Crippen LogP contribution is 2.54. The highest BCUT2D eigenvalue weighted by Gasteiger charge is 2.56. The first-order valence-corrected chi connectivity index (χ1v) is 16.0. The molecule has 10 nitrogen and oxygen atoms in total. The molecule has 2 N–H and O–H groups in total. The molecule has 3 aromatic carbocycles. The molecule has 4 aromatic rings. The molecule has 2 aliphatic rings. The van der Waals surface area contributed by atoms with E-state index in [1.807, 2.05) is 0 Å². The van der Waals surface area contributed by atoms with Gasteiger partial charge in [0.1, 0.15) is 17.5 Å². The van der Waals surface area contributed by atoms with E-state index in [-0.39, 0.29) is 24.8 Å². The number of imide groups is 1. The van der Waals surface area contributed by atoms with E-state index in [1.54, 1.807) is 55.5 Å². The van der Waals surface area contributed by atoms with Crippen LogP contribution >= 0.6 is 39.0 Å². The first-order chi connectivity index (χ1) is 21.2. The van der Waals surface area contributed by atoms with Crippen molar-refractivity contribution in [2.24, 2.45) is 5.92 Å². The Morgan fingerprint density at radius 1 is 0.955 bits per heavy atom. The number of phenolic OH excluding ortho intramolecular Hbond substituents is 1. The van der Waals surface area contributed by atoms with E-state index in [1.165, 1.54) is 33.7 Å². The molecule has 3 unspecified atom stereocenters. The van der Waals surface area contributed by atoms with Crippen molar-refractivity contribution in [1.29, 1.82) is 0 Å². The molecule has 0 saturated carbocycles. The molecular weight excluding hydrogens is 670 g/mol. The Hall–Kier alpha value is -4.20. The predicted molar refractivity (Wildman–Crippen MR) is 169 cm³/mol. The normalized spacial score (nSPS) is 19.0. The molecule has 6 rings (SSSR count). The summed E-state index contributed by atoms with van der Waals surface area (Å²) in [5.74, 6) is -3.14. The molecule has 3 heterocycles. The number of carbonyl (C=O) groups is 4. The number of esters is 1. The molecule has 13 heteroatoms. The lowest BCUT2D eigenvalue weighted by atomic mass is 9.83. The molecule has 44 heavy (non-hydrogen) atoms. The summed E-state index contributed by atoms with van der Waals surface area (Å²) in [4.78, 5) is 67.5. The summed E-state index contributed by atoms with van der Waals surface area (Å²) in [6.45, 7) is 1.63. The molecule has 0 bridgehead atoms. The number of hydrogen-bond donors (Lipinski definition) is 2. The highest BCUT2D eigenvalue weighted by atomic mass is 79.9. The Bertz CT molecular complexity index is 1840. The van der Waals surface area contributed by atoms with Gasteiger partial charge in [0.2, 0.25) is 17.7 Å². The second-order valence-electron chi connectivity index (χ2n) is 10.1. The van der Waals surface area contributed by atoms with Gasteiger partial charge in [-0.2, -0.15) is 0 Å². The van der Waals surface area contributed by atoms with Crippen molar-refractivity contribution in [2.75, 3.05) is 16.8 Å². The van der Waals surface area contributed by atoms with E-state index >= 15 is 0 Å². The smallest absolute Gasteiger partial charge is 0.338 e. The van der Waals surface area contributed by atoms with E-state index < -0.39 is 39.7 Å². The molecule has 224 valence electrons. The minimum atomic E-state index is -0.837. The lowest BCUT2D eigenvalue weighted by Gasteiger charge is -2.30. The number of amides is 3. The third-order valence-corrected chi connectivity index (χ3v) is 10.5. The van der Waals surface area contributed by atoms with Crippen LogP contribution in [0.15, 0.2) is 87.1 Å². The van der Waals surface area contributed by atoms with Gasteiger partial charge in [-0.3, -0.25) is 23.7 Å². The third-order valence-electron chi connectivity index (χ3n) is 7.37. The number of fused-ring (bicyclic) bond motifs is 2. The standard InChI is InChI=1S/C31H24BrN3O7S2/c1-2-42-30(40)17-3-9-19(10-4-17)33-22(37)15-34-29-26(44-31(34)41)23(16-5-13-21(36)14-6-16)24-25(43-29)28(39)35(27(24)38)20-11-7-18(32)8-12-20/h3-14,23-25,36H,2,15H2,1H3,(H,33,37). The summed E-state index contributed by atoms with van der Waals surface area (Å²) < 4.78 is 7.11. The Labute approximate surface area is 267 Å². The van der Waals surface area contributed by atoms with Crippen molar-refractivity contribution >= 4 is 74.1 Å². The van der Waals surface area contributed by atoms with Crippen molar-refractivity contribution in [2.45, 2.75) is 29.7 Å². The van der Waals surface area contributed by atoms with Crippen molar-refractivity contribution in [3.8, 4) is 5.75 Å². The zero-order valence-corrected chi connectivity index (χ0v) is 26.3. The monoisotopic (exact) mass is 693 g/mol. The SMILES string of the molecule is CCOC(=O)c1ccc(NC(=O)Cn2c3c(sc2=O)C(c2ccc(O)cc2)C2C(=O)N(c4ccc(Br)cc4)C(=O)C2S3)cc1. The zero-order valence-electron chi connectivity index (χ0n) is 23.1. The van der Waals surface area contributed by atoms with Crippen LogP contribution in [0.2, 0.25) is 0 Å². The summed E-state index contributed by atoms with van der Waals surface area (Å²) in [6.07, 6.45) is 0. The first-order valence-electron chi connectivity index (χ1n) is 13.6. The van der Waals surface area contributed by atoms with Crippen molar-refractivity contribution in [3.05, 3.63) is 103 Å². The molecule has 0 spiro atoms. The summed E-state index contributed by atoms with van der Waals surface area (Å²) in [7, 11) is 0. The fraction of sp³-hybridized carbons (Fsp3) is 0.194. The van der Waals surface area contributed by atoms with E-state index in [4.69, 9.17) is 4.74 Å². The van der Waals surface area contributed by atoms with Crippen LogP contribution in [0.1, 0.15) is 33.6 Å². The number of phenols is 1. The summed E-state index contributed by atoms with van der Waals surface area (Å²) in [6, 6.07) is 19.4. The molecule has 0 radical (unpaired) electrons. The Kier molecular flexibility index (Phi) is 8.18. The number of aromatic nitrogens is 1. The average Bonchev–Trinajstić information content (AvgIpc) is 3.45. The zero-order chi connectivity index (χ0) is 31.1. The molecule has 1 fully saturated rings. The maximum atomic E-state index is 13.9. The van der Waals surface area contributed by atoms with E-state index in [9.17, 15) is 29.1 Å². The van der Waals surface area contributed by atoms with Gasteiger partial charge in [-0.25, -0.2) is 9.69 Å². The van der Waals surface area contributed by atoms with Gasteiger partial charge in [0.05, 0.1) is 28.8 Å². The second kappa shape index (κ2) is 12.1. The van der Waals surface area contributed by atoms with Gasteiger partial charge < -0.3 is 15.2 Å². The van der Waals surface area contributed by atoms with Gasteiger partial charge in [-0.1, -0.05) is 51.2 Å². The van der Waals surface area contributed by atoms with Crippen LogP contribution in [-0.4, -0.2) is 45.2 Å². The molecule has 1 aromatic heterocycles. The van der Waals surface area contributed by atoms with Crippen LogP contribution < -0.4 is 15.1 Å². The molecule has 0 aliphatic carbocycles. The number of hydrogen-bond acceptors (Lipinski definition) is 9. The van der Waals surface area contributed by atoms with E-state index in [0.29, 0.717) is 32.4 Å². The van der Waals surface area contributed by atoms with Gasteiger partial charge in [-0.15, -0.1) is 0 Å². The number of nitrogens with one attached hydrogen (secondary N) is 1. The van der Waals surface area contributed by atoms with Crippen LogP contribution in [0, 0.1) is 5.92 Å². The number of anilines is 2. The quantitative estimate of drug-likeness (QED) is 0.204. The van der Waals surface area contributed by atoms with Gasteiger partial charge in [0, 0.05) is 21.0 Å². The van der Waals surface area contributed by atoms with Crippen LogP contribution in [0.3, 0.4) is 0 Å². The van der Waals surface area contributed by atoms with E-state index in [2.05, 4.69) is 21.2 Å². The summed E-state index contributed by atoms with van der Waals surface area (Å²) in [5.41, 5.74) is 1.87.